The molecule has 2 aromatic heterocycles. The fourth-order valence-corrected chi connectivity index (χ4v) is 2.32. The molecule has 0 aliphatic carbocycles. The van der Waals surface area contributed by atoms with Gasteiger partial charge in [-0.15, -0.1) is 10.2 Å². The third-order valence-corrected chi connectivity index (χ3v) is 3.27. The molecule has 2 N–H and O–H groups in total. The number of aryl methyl sites for hydroxylation is 1. The summed E-state index contributed by atoms with van der Waals surface area (Å²) in [5.74, 6) is 1.13. The summed E-state index contributed by atoms with van der Waals surface area (Å²) >= 11 is 3.43. The number of alkyl halides is 1. The number of hydrogen-bond acceptors (Lipinski definition) is 6. The van der Waals surface area contributed by atoms with Gasteiger partial charge in [-0.1, -0.05) is 28.1 Å². The van der Waals surface area contributed by atoms with Crippen molar-refractivity contribution < 1.29 is 4.42 Å². The Morgan fingerprint density at radius 3 is 2.71 bits per heavy atom. The summed E-state index contributed by atoms with van der Waals surface area (Å²) in [5, 5.41) is 8.97. The van der Waals surface area contributed by atoms with Gasteiger partial charge in [0, 0.05) is 10.9 Å². The fraction of sp³-hybridized carbons (Fsp3) is 0.143. The number of anilines is 1. The van der Waals surface area contributed by atoms with E-state index in [0.29, 0.717) is 23.3 Å². The van der Waals surface area contributed by atoms with Crippen LogP contribution in [0.15, 0.2) is 41.1 Å². The predicted molar refractivity (Wildman–Crippen MR) is 82.7 cm³/mol. The lowest BCUT2D eigenvalue weighted by Gasteiger charge is -2.00. The first kappa shape index (κ1) is 13.7. The van der Waals surface area contributed by atoms with Crippen molar-refractivity contribution in [2.75, 3.05) is 11.1 Å². The van der Waals surface area contributed by atoms with Crippen LogP contribution in [0.2, 0.25) is 0 Å². The predicted octanol–water partition coefficient (Wildman–Crippen LogP) is 2.71. The summed E-state index contributed by atoms with van der Waals surface area (Å²) in [6, 6.07) is 8.00. The van der Waals surface area contributed by atoms with Crippen molar-refractivity contribution in [2.45, 2.75) is 6.42 Å². The molecule has 0 bridgehead atoms. The molecule has 0 atom stereocenters. The van der Waals surface area contributed by atoms with Crippen molar-refractivity contribution in [3.05, 3.63) is 42.2 Å². The lowest BCUT2D eigenvalue weighted by Crippen LogP contribution is -1.92. The number of hydrogen-bond donors (Lipinski definition) is 1. The maximum Gasteiger partial charge on any atom is 0.268 e. The molecule has 3 rings (SSSR count). The van der Waals surface area contributed by atoms with Crippen LogP contribution in [0, 0.1) is 0 Å². The second-order valence-electron chi connectivity index (χ2n) is 4.38. The minimum absolute atomic E-state index is 0.323. The van der Waals surface area contributed by atoms with E-state index in [1.807, 2.05) is 18.2 Å². The van der Waals surface area contributed by atoms with Crippen LogP contribution in [0.3, 0.4) is 0 Å². The number of rotatable bonds is 4. The zero-order chi connectivity index (χ0) is 14.7. The van der Waals surface area contributed by atoms with Crippen LogP contribution in [0.1, 0.15) is 5.56 Å². The first-order chi connectivity index (χ1) is 10.3. The van der Waals surface area contributed by atoms with Gasteiger partial charge in [0.25, 0.3) is 5.89 Å². The van der Waals surface area contributed by atoms with Crippen LogP contribution >= 0.6 is 15.9 Å². The molecule has 0 spiro atoms. The first-order valence-electron chi connectivity index (χ1n) is 6.33. The Labute approximate surface area is 129 Å². The zero-order valence-corrected chi connectivity index (χ0v) is 12.6. The number of nitrogens with zero attached hydrogens (tertiary/aromatic N) is 4. The van der Waals surface area contributed by atoms with Crippen molar-refractivity contribution in [1.82, 2.24) is 20.2 Å². The minimum Gasteiger partial charge on any atom is -0.415 e. The highest BCUT2D eigenvalue weighted by Crippen LogP contribution is 2.23. The average Bonchev–Trinajstić information content (AvgIpc) is 2.98. The first-order valence-corrected chi connectivity index (χ1v) is 7.45. The normalized spacial score (nSPS) is 10.7. The highest BCUT2D eigenvalue weighted by molar-refractivity contribution is 9.09. The standard InChI is InChI=1S/C14H12BrN5O/c15-5-4-9-2-1-3-10(6-9)13-19-20-14(21-13)11-7-18-12(16)8-17-11/h1-3,6-8H,4-5H2,(H2,16,18). The molecule has 1 aromatic carbocycles. The van der Waals surface area contributed by atoms with Gasteiger partial charge in [0.2, 0.25) is 5.89 Å². The summed E-state index contributed by atoms with van der Waals surface area (Å²) in [5.41, 5.74) is 8.09. The molecule has 0 saturated heterocycles. The van der Waals surface area contributed by atoms with Crippen LogP contribution in [0.4, 0.5) is 5.82 Å². The number of aromatic nitrogens is 4. The summed E-state index contributed by atoms with van der Waals surface area (Å²) in [6.07, 6.45) is 3.90. The highest BCUT2D eigenvalue weighted by atomic mass is 79.9. The van der Waals surface area contributed by atoms with Gasteiger partial charge in [0.05, 0.1) is 12.4 Å². The second kappa shape index (κ2) is 6.01. The Bertz CT molecular complexity index is 741. The van der Waals surface area contributed by atoms with Crippen molar-refractivity contribution >= 4 is 21.7 Å². The summed E-state index contributed by atoms with van der Waals surface area (Å²) in [7, 11) is 0. The summed E-state index contributed by atoms with van der Waals surface area (Å²) < 4.78 is 5.65. The number of nitrogens with two attached hydrogens (primary N) is 1. The third kappa shape index (κ3) is 3.08. The highest BCUT2D eigenvalue weighted by Gasteiger charge is 2.12. The van der Waals surface area contributed by atoms with Crippen LogP contribution in [-0.2, 0) is 6.42 Å². The van der Waals surface area contributed by atoms with Gasteiger partial charge in [0.15, 0.2) is 0 Å². The van der Waals surface area contributed by atoms with Gasteiger partial charge in [0.1, 0.15) is 11.5 Å². The van der Waals surface area contributed by atoms with Gasteiger partial charge < -0.3 is 10.2 Å². The van der Waals surface area contributed by atoms with E-state index < -0.39 is 0 Å². The van der Waals surface area contributed by atoms with Crippen molar-refractivity contribution in [3.8, 4) is 23.0 Å². The summed E-state index contributed by atoms with van der Waals surface area (Å²) in [4.78, 5) is 8.07. The zero-order valence-electron chi connectivity index (χ0n) is 11.0. The Kier molecular flexibility index (Phi) is 3.92. The Hall–Kier alpha value is -2.28. The molecule has 0 unspecified atom stereocenters. The Balaban J connectivity index is 1.91. The SMILES string of the molecule is Nc1cnc(-c2nnc(-c3cccc(CCBr)c3)o2)cn1. The molecular formula is C14H12BrN5O. The lowest BCUT2D eigenvalue weighted by atomic mass is 10.1. The van der Waals surface area contributed by atoms with E-state index in [2.05, 4.69) is 42.2 Å². The quantitative estimate of drug-likeness (QED) is 0.731. The molecule has 0 amide bonds. The van der Waals surface area contributed by atoms with Crippen LogP contribution in [0.5, 0.6) is 0 Å². The summed E-state index contributed by atoms with van der Waals surface area (Å²) in [6.45, 7) is 0. The van der Waals surface area contributed by atoms with Gasteiger partial charge in [-0.2, -0.15) is 0 Å². The molecule has 21 heavy (non-hydrogen) atoms. The maximum atomic E-state index is 5.65. The van der Waals surface area contributed by atoms with E-state index in [0.717, 1.165) is 17.3 Å². The van der Waals surface area contributed by atoms with Gasteiger partial charge in [-0.05, 0) is 24.1 Å². The number of benzene rings is 1. The third-order valence-electron chi connectivity index (χ3n) is 2.87. The van der Waals surface area contributed by atoms with E-state index in [9.17, 15) is 0 Å². The van der Waals surface area contributed by atoms with Gasteiger partial charge in [-0.3, -0.25) is 0 Å². The van der Waals surface area contributed by atoms with Gasteiger partial charge in [-0.25, -0.2) is 9.97 Å². The van der Waals surface area contributed by atoms with Crippen molar-refractivity contribution in [1.29, 1.82) is 0 Å². The average molecular weight is 346 g/mol. The largest absolute Gasteiger partial charge is 0.415 e. The lowest BCUT2D eigenvalue weighted by molar-refractivity contribution is 0.581. The minimum atomic E-state index is 0.323. The molecule has 3 aromatic rings. The van der Waals surface area contributed by atoms with E-state index in [1.54, 1.807) is 0 Å². The van der Waals surface area contributed by atoms with Crippen molar-refractivity contribution in [3.63, 3.8) is 0 Å². The molecule has 106 valence electrons. The number of halogens is 1. The van der Waals surface area contributed by atoms with E-state index in [4.69, 9.17) is 10.2 Å². The van der Waals surface area contributed by atoms with Crippen LogP contribution in [0.25, 0.3) is 23.0 Å². The monoisotopic (exact) mass is 345 g/mol. The Morgan fingerprint density at radius 1 is 1.10 bits per heavy atom. The molecule has 7 heteroatoms. The molecule has 0 fully saturated rings. The molecule has 0 radical (unpaired) electrons. The Morgan fingerprint density at radius 2 is 1.95 bits per heavy atom. The smallest absolute Gasteiger partial charge is 0.268 e. The fourth-order valence-electron chi connectivity index (χ4n) is 1.86. The molecule has 0 aliphatic rings. The molecular weight excluding hydrogens is 334 g/mol. The van der Waals surface area contributed by atoms with Crippen molar-refractivity contribution in [2.24, 2.45) is 0 Å². The topological polar surface area (TPSA) is 90.7 Å². The van der Waals surface area contributed by atoms with Gasteiger partial charge >= 0.3 is 0 Å². The molecule has 6 nitrogen and oxygen atoms in total. The number of nitrogen functional groups attached to an aromatic ring is 1. The van der Waals surface area contributed by atoms with E-state index >= 15 is 0 Å². The molecule has 2 heterocycles. The molecule has 0 aliphatic heterocycles. The van der Waals surface area contributed by atoms with E-state index in [1.165, 1.54) is 18.0 Å². The maximum absolute atomic E-state index is 5.65. The second-order valence-corrected chi connectivity index (χ2v) is 5.17. The van der Waals surface area contributed by atoms with E-state index in [-0.39, 0.29) is 0 Å². The van der Waals surface area contributed by atoms with Crippen LogP contribution in [-0.4, -0.2) is 25.5 Å². The van der Waals surface area contributed by atoms with Crippen LogP contribution < -0.4 is 5.73 Å². The molecule has 0 saturated carbocycles.